The molecule has 0 spiro atoms. The van der Waals surface area contributed by atoms with Crippen LogP contribution in [0.2, 0.25) is 0 Å². The van der Waals surface area contributed by atoms with Gasteiger partial charge in [-0.05, 0) is 25.2 Å². The summed E-state index contributed by atoms with van der Waals surface area (Å²) in [5, 5.41) is 7.59. The van der Waals surface area contributed by atoms with E-state index in [1.165, 1.54) is 19.3 Å². The summed E-state index contributed by atoms with van der Waals surface area (Å²) in [5.74, 6) is 1.34. The third-order valence-corrected chi connectivity index (χ3v) is 3.54. The zero-order valence-electron chi connectivity index (χ0n) is 11.3. The average Bonchev–Trinajstić information content (AvgIpc) is 2.65. The summed E-state index contributed by atoms with van der Waals surface area (Å²) < 4.78 is 1.83. The van der Waals surface area contributed by atoms with Crippen LogP contribution in [0.1, 0.15) is 37.4 Å². The molecule has 0 atom stereocenters. The van der Waals surface area contributed by atoms with E-state index in [9.17, 15) is 0 Å². The van der Waals surface area contributed by atoms with E-state index in [1.54, 1.807) is 0 Å². The Morgan fingerprint density at radius 2 is 2.39 bits per heavy atom. The lowest BCUT2D eigenvalue weighted by atomic mass is 9.85. The first kappa shape index (κ1) is 12.9. The minimum atomic E-state index is 0.549. The highest BCUT2D eigenvalue weighted by molar-refractivity contribution is 5.77. The number of nitrogens with zero attached hydrogens (tertiary/aromatic N) is 3. The van der Waals surface area contributed by atoms with Crippen LogP contribution < -0.4 is 11.1 Å². The van der Waals surface area contributed by atoms with Gasteiger partial charge in [-0.15, -0.1) is 0 Å². The van der Waals surface area contributed by atoms with E-state index in [0.29, 0.717) is 12.5 Å². The van der Waals surface area contributed by atoms with Crippen molar-refractivity contribution in [2.45, 2.75) is 39.2 Å². The Labute approximate surface area is 108 Å². The van der Waals surface area contributed by atoms with Crippen molar-refractivity contribution in [1.82, 2.24) is 15.1 Å². The van der Waals surface area contributed by atoms with Crippen molar-refractivity contribution < 1.29 is 0 Å². The maximum atomic E-state index is 5.86. The van der Waals surface area contributed by atoms with Crippen molar-refractivity contribution in [2.75, 3.05) is 6.54 Å². The molecule has 1 aliphatic carbocycles. The summed E-state index contributed by atoms with van der Waals surface area (Å²) in [6, 6.07) is 0. The summed E-state index contributed by atoms with van der Waals surface area (Å²) in [7, 11) is 1.94. The van der Waals surface area contributed by atoms with Gasteiger partial charge in [-0.2, -0.15) is 5.10 Å². The SMILES string of the molecule is CCc1nn(C)cc1CN=C(N)NCC1CCC1. The molecule has 0 radical (unpaired) electrons. The monoisotopic (exact) mass is 249 g/mol. The Morgan fingerprint density at radius 3 is 3.00 bits per heavy atom. The molecule has 5 heteroatoms. The van der Waals surface area contributed by atoms with Gasteiger partial charge in [0.2, 0.25) is 0 Å². The average molecular weight is 249 g/mol. The standard InChI is InChI=1S/C13H23N5/c1-3-12-11(9-18(2)17-12)8-16-13(14)15-7-10-5-4-6-10/h9-10H,3-8H2,1-2H3,(H3,14,15,16). The fourth-order valence-electron chi connectivity index (χ4n) is 2.19. The Balaban J connectivity index is 1.83. The Hall–Kier alpha value is -1.52. The van der Waals surface area contributed by atoms with E-state index in [4.69, 9.17) is 5.73 Å². The first-order valence-electron chi connectivity index (χ1n) is 6.74. The van der Waals surface area contributed by atoms with Crippen molar-refractivity contribution in [3.63, 3.8) is 0 Å². The second-order valence-electron chi connectivity index (χ2n) is 5.01. The lowest BCUT2D eigenvalue weighted by Gasteiger charge is -2.25. The molecule has 5 nitrogen and oxygen atoms in total. The van der Waals surface area contributed by atoms with Crippen molar-refractivity contribution in [3.05, 3.63) is 17.5 Å². The zero-order chi connectivity index (χ0) is 13.0. The topological polar surface area (TPSA) is 68.2 Å². The van der Waals surface area contributed by atoms with Gasteiger partial charge < -0.3 is 11.1 Å². The quantitative estimate of drug-likeness (QED) is 0.608. The van der Waals surface area contributed by atoms with Crippen LogP contribution in [0.15, 0.2) is 11.2 Å². The molecule has 100 valence electrons. The van der Waals surface area contributed by atoms with E-state index in [0.717, 1.165) is 30.1 Å². The van der Waals surface area contributed by atoms with Crippen molar-refractivity contribution >= 4 is 5.96 Å². The molecule has 1 heterocycles. The molecule has 3 N–H and O–H groups in total. The number of aliphatic imine (C=N–C) groups is 1. The van der Waals surface area contributed by atoms with Gasteiger partial charge in [0.05, 0.1) is 12.2 Å². The summed E-state index contributed by atoms with van der Waals surface area (Å²) >= 11 is 0. The predicted molar refractivity (Wildman–Crippen MR) is 73.3 cm³/mol. The van der Waals surface area contributed by atoms with Gasteiger partial charge in [-0.25, -0.2) is 4.99 Å². The van der Waals surface area contributed by atoms with Crippen LogP contribution in [0.3, 0.4) is 0 Å². The van der Waals surface area contributed by atoms with Crippen LogP contribution >= 0.6 is 0 Å². The fraction of sp³-hybridized carbons (Fsp3) is 0.692. The molecule has 1 saturated carbocycles. The molecule has 0 aromatic carbocycles. The second-order valence-corrected chi connectivity index (χ2v) is 5.01. The summed E-state index contributed by atoms with van der Waals surface area (Å²) in [4.78, 5) is 4.38. The molecule has 1 aliphatic rings. The van der Waals surface area contributed by atoms with E-state index in [1.807, 2.05) is 17.9 Å². The number of nitrogens with two attached hydrogens (primary N) is 1. The maximum absolute atomic E-state index is 5.86. The smallest absolute Gasteiger partial charge is 0.188 e. The number of aromatic nitrogens is 2. The molecule has 1 fully saturated rings. The van der Waals surface area contributed by atoms with Crippen LogP contribution in [0.4, 0.5) is 0 Å². The van der Waals surface area contributed by atoms with Crippen LogP contribution in [-0.2, 0) is 20.0 Å². The summed E-state index contributed by atoms with van der Waals surface area (Å²) in [5.41, 5.74) is 8.12. The normalized spacial score (nSPS) is 16.7. The molecule has 0 aliphatic heterocycles. The molecular formula is C13H23N5. The van der Waals surface area contributed by atoms with Crippen molar-refractivity contribution in [1.29, 1.82) is 0 Å². The minimum Gasteiger partial charge on any atom is -0.370 e. The van der Waals surface area contributed by atoms with Crippen molar-refractivity contribution in [2.24, 2.45) is 23.7 Å². The van der Waals surface area contributed by atoms with Gasteiger partial charge in [-0.1, -0.05) is 13.3 Å². The Morgan fingerprint density at radius 1 is 1.61 bits per heavy atom. The zero-order valence-corrected chi connectivity index (χ0v) is 11.3. The number of nitrogens with one attached hydrogen (secondary N) is 1. The van der Waals surface area contributed by atoms with Crippen LogP contribution in [-0.4, -0.2) is 22.3 Å². The molecule has 1 aromatic heterocycles. The van der Waals surface area contributed by atoms with E-state index >= 15 is 0 Å². The van der Waals surface area contributed by atoms with E-state index in [2.05, 4.69) is 22.3 Å². The molecule has 0 bridgehead atoms. The van der Waals surface area contributed by atoms with Gasteiger partial charge in [0.25, 0.3) is 0 Å². The van der Waals surface area contributed by atoms with Crippen molar-refractivity contribution in [3.8, 4) is 0 Å². The molecule has 0 unspecified atom stereocenters. The van der Waals surface area contributed by atoms with Gasteiger partial charge >= 0.3 is 0 Å². The third kappa shape index (κ3) is 3.24. The van der Waals surface area contributed by atoms with Gasteiger partial charge in [0.15, 0.2) is 5.96 Å². The molecule has 0 amide bonds. The lowest BCUT2D eigenvalue weighted by molar-refractivity contribution is 0.315. The predicted octanol–water partition coefficient (Wildman–Crippen LogP) is 1.19. The molecular weight excluding hydrogens is 226 g/mol. The summed E-state index contributed by atoms with van der Waals surface area (Å²) in [6.45, 7) is 3.68. The Bertz CT molecular complexity index is 417. The second kappa shape index (κ2) is 5.89. The third-order valence-electron chi connectivity index (χ3n) is 3.54. The first-order chi connectivity index (χ1) is 8.69. The highest BCUT2D eigenvalue weighted by Crippen LogP contribution is 2.24. The minimum absolute atomic E-state index is 0.549. The van der Waals surface area contributed by atoms with Crippen LogP contribution in [0, 0.1) is 5.92 Å². The highest BCUT2D eigenvalue weighted by atomic mass is 15.3. The van der Waals surface area contributed by atoms with Gasteiger partial charge in [0, 0.05) is 25.4 Å². The first-order valence-corrected chi connectivity index (χ1v) is 6.74. The van der Waals surface area contributed by atoms with Gasteiger partial charge in [-0.3, -0.25) is 4.68 Å². The largest absolute Gasteiger partial charge is 0.370 e. The van der Waals surface area contributed by atoms with Crippen LogP contribution in [0.5, 0.6) is 0 Å². The summed E-state index contributed by atoms with van der Waals surface area (Å²) in [6.07, 6.45) is 6.95. The van der Waals surface area contributed by atoms with Crippen LogP contribution in [0.25, 0.3) is 0 Å². The number of guanidine groups is 1. The lowest BCUT2D eigenvalue weighted by Crippen LogP contribution is -2.37. The molecule has 1 aromatic rings. The van der Waals surface area contributed by atoms with E-state index < -0.39 is 0 Å². The fourth-order valence-corrected chi connectivity index (χ4v) is 2.19. The maximum Gasteiger partial charge on any atom is 0.188 e. The number of hydrogen-bond donors (Lipinski definition) is 2. The number of hydrogen-bond acceptors (Lipinski definition) is 2. The number of rotatable bonds is 5. The van der Waals surface area contributed by atoms with Gasteiger partial charge in [0.1, 0.15) is 0 Å². The number of aryl methyl sites for hydroxylation is 2. The molecule has 18 heavy (non-hydrogen) atoms. The highest BCUT2D eigenvalue weighted by Gasteiger charge is 2.16. The molecule has 2 rings (SSSR count). The Kier molecular flexibility index (Phi) is 4.23. The molecule has 0 saturated heterocycles. The van der Waals surface area contributed by atoms with E-state index in [-0.39, 0.29) is 0 Å².